The van der Waals surface area contributed by atoms with Gasteiger partial charge in [-0.15, -0.1) is 22.9 Å². The highest BCUT2D eigenvalue weighted by atomic mass is 79.9. The largest absolute Gasteiger partial charge is 0.198 e. The number of alkyl halides is 1. The normalized spacial score (nSPS) is 12.4. The zero-order valence-electron chi connectivity index (χ0n) is 6.26. The van der Waals surface area contributed by atoms with Crippen molar-refractivity contribution in [1.82, 2.24) is 0 Å². The van der Waals surface area contributed by atoms with Crippen molar-refractivity contribution in [1.29, 1.82) is 5.26 Å². The minimum absolute atomic E-state index is 0.0679. The summed E-state index contributed by atoms with van der Waals surface area (Å²) in [6, 6.07) is 4.16. The Morgan fingerprint density at radius 3 is 2.92 bits per heavy atom. The second-order valence-corrected chi connectivity index (χ2v) is 4.54. The van der Waals surface area contributed by atoms with Gasteiger partial charge in [0, 0.05) is 15.2 Å². The van der Waals surface area contributed by atoms with E-state index in [1.54, 1.807) is 11.3 Å². The molecule has 1 aromatic rings. The van der Waals surface area contributed by atoms with E-state index in [-0.39, 0.29) is 5.92 Å². The van der Waals surface area contributed by atoms with E-state index < -0.39 is 0 Å². The number of thiophene rings is 1. The fourth-order valence-corrected chi connectivity index (χ4v) is 2.60. The minimum atomic E-state index is -0.0679. The van der Waals surface area contributed by atoms with Gasteiger partial charge in [0.1, 0.15) is 0 Å². The topological polar surface area (TPSA) is 23.8 Å². The lowest BCUT2D eigenvalue weighted by Crippen LogP contribution is -2.01. The molecule has 0 spiro atoms. The molecule has 0 saturated heterocycles. The van der Waals surface area contributed by atoms with E-state index in [9.17, 15) is 0 Å². The number of nitrogens with zero attached hydrogens (tertiary/aromatic N) is 1. The first-order chi connectivity index (χ1) is 5.77. The van der Waals surface area contributed by atoms with Gasteiger partial charge in [-0.3, -0.25) is 0 Å². The zero-order valence-corrected chi connectivity index (χ0v) is 9.42. The molecule has 0 N–H and O–H groups in total. The molecule has 4 heteroatoms. The van der Waals surface area contributed by atoms with Crippen molar-refractivity contribution >= 4 is 38.9 Å². The third-order valence-electron chi connectivity index (χ3n) is 1.49. The number of hydrogen-bond acceptors (Lipinski definition) is 2. The standard InChI is InChI=1S/C8H7BrClNS/c9-7-1-2-12-8(7)3-6(4-10)5-11/h1-2,6H,3-4H2. The van der Waals surface area contributed by atoms with Gasteiger partial charge in [0.2, 0.25) is 0 Å². The van der Waals surface area contributed by atoms with Crippen LogP contribution in [0.2, 0.25) is 0 Å². The van der Waals surface area contributed by atoms with Gasteiger partial charge >= 0.3 is 0 Å². The van der Waals surface area contributed by atoms with Gasteiger partial charge in [-0.25, -0.2) is 0 Å². The van der Waals surface area contributed by atoms with Gasteiger partial charge < -0.3 is 0 Å². The van der Waals surface area contributed by atoms with E-state index in [1.807, 2.05) is 11.4 Å². The average Bonchev–Trinajstić information content (AvgIpc) is 2.47. The Labute approximate surface area is 89.1 Å². The summed E-state index contributed by atoms with van der Waals surface area (Å²) >= 11 is 10.7. The summed E-state index contributed by atoms with van der Waals surface area (Å²) in [5.74, 6) is 0.336. The molecule has 1 rings (SSSR count). The van der Waals surface area contributed by atoms with Crippen molar-refractivity contribution in [3.8, 4) is 6.07 Å². The van der Waals surface area contributed by atoms with Crippen molar-refractivity contribution in [2.24, 2.45) is 5.92 Å². The third-order valence-corrected chi connectivity index (χ3v) is 3.81. The van der Waals surface area contributed by atoms with Crippen LogP contribution in [0.4, 0.5) is 0 Å². The van der Waals surface area contributed by atoms with E-state index in [4.69, 9.17) is 16.9 Å². The van der Waals surface area contributed by atoms with Crippen molar-refractivity contribution in [3.63, 3.8) is 0 Å². The molecule has 12 heavy (non-hydrogen) atoms. The average molecular weight is 265 g/mol. The molecule has 1 aromatic heterocycles. The number of nitriles is 1. The molecular weight excluding hydrogens is 258 g/mol. The number of hydrogen-bond donors (Lipinski definition) is 0. The van der Waals surface area contributed by atoms with Crippen molar-refractivity contribution in [2.45, 2.75) is 6.42 Å². The van der Waals surface area contributed by atoms with Gasteiger partial charge in [0.25, 0.3) is 0 Å². The Morgan fingerprint density at radius 1 is 1.75 bits per heavy atom. The van der Waals surface area contributed by atoms with E-state index in [0.717, 1.165) is 10.9 Å². The van der Waals surface area contributed by atoms with E-state index in [0.29, 0.717) is 5.88 Å². The first-order valence-corrected chi connectivity index (χ1v) is 5.66. The maximum atomic E-state index is 8.67. The Morgan fingerprint density at radius 2 is 2.50 bits per heavy atom. The van der Waals surface area contributed by atoms with Gasteiger partial charge in [-0.05, 0) is 33.8 Å². The SMILES string of the molecule is N#CC(CCl)Cc1sccc1Br. The van der Waals surface area contributed by atoms with Crippen molar-refractivity contribution in [2.75, 3.05) is 5.88 Å². The van der Waals surface area contributed by atoms with E-state index >= 15 is 0 Å². The first kappa shape index (κ1) is 10.0. The van der Waals surface area contributed by atoms with Crippen LogP contribution in [0.25, 0.3) is 0 Å². The summed E-state index contributed by atoms with van der Waals surface area (Å²) in [5.41, 5.74) is 0. The van der Waals surface area contributed by atoms with Crippen LogP contribution >= 0.6 is 38.9 Å². The van der Waals surface area contributed by atoms with E-state index in [1.165, 1.54) is 4.88 Å². The molecular formula is C8H7BrClNS. The summed E-state index contributed by atoms with van der Waals surface area (Å²) in [4.78, 5) is 1.20. The van der Waals surface area contributed by atoms with Gasteiger partial charge in [0.15, 0.2) is 0 Å². The molecule has 0 aliphatic heterocycles. The second kappa shape index (κ2) is 4.86. The molecule has 1 nitrogen and oxygen atoms in total. The third kappa shape index (κ3) is 2.48. The van der Waals surface area contributed by atoms with Crippen LogP contribution in [-0.4, -0.2) is 5.88 Å². The fourth-order valence-electron chi connectivity index (χ4n) is 0.829. The van der Waals surface area contributed by atoms with Crippen molar-refractivity contribution in [3.05, 3.63) is 20.8 Å². The summed E-state index contributed by atoms with van der Waals surface area (Å²) in [5, 5.41) is 10.7. The molecule has 0 aromatic carbocycles. The molecule has 1 unspecified atom stereocenters. The Bertz CT molecular complexity index is 291. The zero-order chi connectivity index (χ0) is 8.97. The van der Waals surface area contributed by atoms with Gasteiger partial charge in [0.05, 0.1) is 12.0 Å². The Balaban J connectivity index is 2.64. The predicted octanol–water partition coefficient (Wildman–Crippen LogP) is 3.43. The smallest absolute Gasteiger partial charge is 0.0672 e. The maximum Gasteiger partial charge on any atom is 0.0672 e. The van der Waals surface area contributed by atoms with Gasteiger partial charge in [-0.1, -0.05) is 0 Å². The summed E-state index contributed by atoms with van der Waals surface area (Å²) in [6.07, 6.45) is 0.748. The molecule has 0 aliphatic carbocycles. The number of halogens is 2. The molecule has 0 aliphatic rings. The van der Waals surface area contributed by atoms with Crippen LogP contribution in [-0.2, 0) is 6.42 Å². The monoisotopic (exact) mass is 263 g/mol. The molecule has 0 fully saturated rings. The Kier molecular flexibility index (Phi) is 4.07. The van der Waals surface area contributed by atoms with Crippen LogP contribution in [0.15, 0.2) is 15.9 Å². The second-order valence-electron chi connectivity index (χ2n) is 2.38. The van der Waals surface area contributed by atoms with Crippen LogP contribution in [0.5, 0.6) is 0 Å². The molecule has 1 heterocycles. The lowest BCUT2D eigenvalue weighted by Gasteiger charge is -2.01. The van der Waals surface area contributed by atoms with Crippen LogP contribution in [0.3, 0.4) is 0 Å². The van der Waals surface area contributed by atoms with E-state index in [2.05, 4.69) is 22.0 Å². The molecule has 0 radical (unpaired) electrons. The molecule has 0 amide bonds. The van der Waals surface area contributed by atoms with Crippen LogP contribution in [0.1, 0.15) is 4.88 Å². The molecule has 0 bridgehead atoms. The fraction of sp³-hybridized carbons (Fsp3) is 0.375. The molecule has 0 saturated carbocycles. The van der Waals surface area contributed by atoms with Crippen LogP contribution < -0.4 is 0 Å². The summed E-state index contributed by atoms with van der Waals surface area (Å²) in [7, 11) is 0. The highest BCUT2D eigenvalue weighted by Gasteiger charge is 2.10. The summed E-state index contributed by atoms with van der Waals surface area (Å²) in [6.45, 7) is 0. The number of rotatable bonds is 3. The molecule has 1 atom stereocenters. The maximum absolute atomic E-state index is 8.67. The highest BCUT2D eigenvalue weighted by molar-refractivity contribution is 9.10. The molecule has 64 valence electrons. The minimum Gasteiger partial charge on any atom is -0.198 e. The predicted molar refractivity (Wildman–Crippen MR) is 55.5 cm³/mol. The lowest BCUT2D eigenvalue weighted by atomic mass is 10.1. The quantitative estimate of drug-likeness (QED) is 0.767. The van der Waals surface area contributed by atoms with Crippen molar-refractivity contribution < 1.29 is 0 Å². The lowest BCUT2D eigenvalue weighted by molar-refractivity contribution is 0.754. The summed E-state index contributed by atoms with van der Waals surface area (Å²) < 4.78 is 1.08. The Hall–Kier alpha value is -0.0400. The first-order valence-electron chi connectivity index (χ1n) is 3.45. The highest BCUT2D eigenvalue weighted by Crippen LogP contribution is 2.25. The van der Waals surface area contributed by atoms with Crippen LogP contribution in [0, 0.1) is 17.2 Å². The van der Waals surface area contributed by atoms with Gasteiger partial charge in [-0.2, -0.15) is 5.26 Å².